The average molecular weight is 274 g/mol. The van der Waals surface area contributed by atoms with E-state index >= 15 is 0 Å². The number of hydrogen-bond acceptors (Lipinski definition) is 3. The van der Waals surface area contributed by atoms with Gasteiger partial charge in [0.15, 0.2) is 0 Å². The molecular formula is C15H18N2OS. The van der Waals surface area contributed by atoms with E-state index in [0.29, 0.717) is 6.54 Å². The number of nitrogens with one attached hydrogen (secondary N) is 1. The normalized spacial score (nSPS) is 10.4. The molecule has 2 aromatic heterocycles. The SMILES string of the molecule is CCc1c(C(=O)NCCc2cccnc2)csc1C. The molecule has 0 fully saturated rings. The monoisotopic (exact) mass is 274 g/mol. The van der Waals surface area contributed by atoms with E-state index < -0.39 is 0 Å². The lowest BCUT2D eigenvalue weighted by atomic mass is 10.1. The van der Waals surface area contributed by atoms with Gasteiger partial charge in [-0.05, 0) is 37.0 Å². The number of aromatic nitrogens is 1. The van der Waals surface area contributed by atoms with Crippen molar-refractivity contribution in [1.29, 1.82) is 0 Å². The molecule has 0 aliphatic rings. The molecule has 19 heavy (non-hydrogen) atoms. The fourth-order valence-electron chi connectivity index (χ4n) is 2.07. The summed E-state index contributed by atoms with van der Waals surface area (Å²) in [4.78, 5) is 17.4. The van der Waals surface area contributed by atoms with Gasteiger partial charge in [0.25, 0.3) is 5.91 Å². The molecule has 0 aliphatic carbocycles. The number of pyridine rings is 1. The minimum Gasteiger partial charge on any atom is -0.352 e. The number of amides is 1. The maximum absolute atomic E-state index is 12.1. The molecule has 0 radical (unpaired) electrons. The van der Waals surface area contributed by atoms with Crippen molar-refractivity contribution in [2.24, 2.45) is 0 Å². The van der Waals surface area contributed by atoms with Gasteiger partial charge in [0.2, 0.25) is 0 Å². The molecule has 0 atom stereocenters. The van der Waals surface area contributed by atoms with Gasteiger partial charge in [-0.2, -0.15) is 0 Å². The fraction of sp³-hybridized carbons (Fsp3) is 0.333. The second-order valence-electron chi connectivity index (χ2n) is 4.40. The Morgan fingerprint density at radius 3 is 3.00 bits per heavy atom. The first kappa shape index (κ1) is 13.7. The summed E-state index contributed by atoms with van der Waals surface area (Å²) < 4.78 is 0. The van der Waals surface area contributed by atoms with Crippen LogP contribution in [0.1, 0.15) is 33.3 Å². The highest BCUT2D eigenvalue weighted by atomic mass is 32.1. The van der Waals surface area contributed by atoms with Gasteiger partial charge in [0.05, 0.1) is 5.56 Å². The van der Waals surface area contributed by atoms with Crippen molar-refractivity contribution in [2.45, 2.75) is 26.7 Å². The summed E-state index contributed by atoms with van der Waals surface area (Å²) in [6, 6.07) is 3.93. The minimum absolute atomic E-state index is 0.0325. The summed E-state index contributed by atoms with van der Waals surface area (Å²) in [5, 5.41) is 4.93. The first-order valence-corrected chi connectivity index (χ1v) is 7.34. The molecule has 4 heteroatoms. The zero-order valence-electron chi connectivity index (χ0n) is 11.3. The maximum atomic E-state index is 12.1. The van der Waals surface area contributed by atoms with Crippen LogP contribution in [-0.4, -0.2) is 17.4 Å². The van der Waals surface area contributed by atoms with Gasteiger partial charge in [-0.25, -0.2) is 0 Å². The molecule has 2 rings (SSSR count). The molecule has 1 amide bonds. The number of hydrogen-bond donors (Lipinski definition) is 1. The molecule has 0 aromatic carbocycles. The average Bonchev–Trinajstić information content (AvgIpc) is 2.81. The first-order chi connectivity index (χ1) is 9.22. The Morgan fingerprint density at radius 1 is 1.47 bits per heavy atom. The summed E-state index contributed by atoms with van der Waals surface area (Å²) in [5.74, 6) is 0.0325. The number of aryl methyl sites for hydroxylation is 1. The van der Waals surface area contributed by atoms with Gasteiger partial charge < -0.3 is 5.32 Å². The van der Waals surface area contributed by atoms with Gasteiger partial charge in [0.1, 0.15) is 0 Å². The van der Waals surface area contributed by atoms with Crippen LogP contribution >= 0.6 is 11.3 Å². The highest BCUT2D eigenvalue weighted by molar-refractivity contribution is 7.10. The van der Waals surface area contributed by atoms with Crippen LogP contribution in [0.15, 0.2) is 29.9 Å². The molecule has 0 saturated heterocycles. The molecule has 0 unspecified atom stereocenters. The molecule has 0 bridgehead atoms. The van der Waals surface area contributed by atoms with Crippen LogP contribution in [0.4, 0.5) is 0 Å². The molecule has 0 spiro atoms. The van der Waals surface area contributed by atoms with Crippen LogP contribution in [0.3, 0.4) is 0 Å². The molecule has 1 N–H and O–H groups in total. The van der Waals surface area contributed by atoms with Crippen molar-refractivity contribution < 1.29 is 4.79 Å². The van der Waals surface area contributed by atoms with E-state index in [0.717, 1.165) is 24.0 Å². The summed E-state index contributed by atoms with van der Waals surface area (Å²) in [6.45, 7) is 4.79. The lowest BCUT2D eigenvalue weighted by Gasteiger charge is -2.06. The van der Waals surface area contributed by atoms with Crippen LogP contribution in [-0.2, 0) is 12.8 Å². The molecule has 0 saturated carbocycles. The summed E-state index contributed by atoms with van der Waals surface area (Å²) in [5.41, 5.74) is 3.14. The Hall–Kier alpha value is -1.68. The van der Waals surface area contributed by atoms with E-state index in [1.807, 2.05) is 23.7 Å². The molecule has 100 valence electrons. The smallest absolute Gasteiger partial charge is 0.252 e. The maximum Gasteiger partial charge on any atom is 0.252 e. The van der Waals surface area contributed by atoms with E-state index in [1.54, 1.807) is 17.5 Å². The lowest BCUT2D eigenvalue weighted by molar-refractivity contribution is 0.0953. The van der Waals surface area contributed by atoms with E-state index in [9.17, 15) is 4.79 Å². The van der Waals surface area contributed by atoms with Crippen molar-refractivity contribution in [3.05, 3.63) is 51.5 Å². The van der Waals surface area contributed by atoms with Crippen molar-refractivity contribution in [3.8, 4) is 0 Å². The number of carbonyl (C=O) groups is 1. The Labute approximate surface area is 117 Å². The number of nitrogens with zero attached hydrogens (tertiary/aromatic N) is 1. The predicted molar refractivity (Wildman–Crippen MR) is 78.7 cm³/mol. The van der Waals surface area contributed by atoms with Crippen LogP contribution < -0.4 is 5.32 Å². The zero-order chi connectivity index (χ0) is 13.7. The Balaban J connectivity index is 1.91. The van der Waals surface area contributed by atoms with Crippen molar-refractivity contribution in [2.75, 3.05) is 6.54 Å². The Bertz CT molecular complexity index is 549. The van der Waals surface area contributed by atoms with Crippen LogP contribution in [0.2, 0.25) is 0 Å². The quantitative estimate of drug-likeness (QED) is 0.910. The van der Waals surface area contributed by atoms with Gasteiger partial charge in [-0.3, -0.25) is 9.78 Å². The van der Waals surface area contributed by atoms with Crippen molar-refractivity contribution in [1.82, 2.24) is 10.3 Å². The molecule has 2 heterocycles. The fourth-order valence-corrected chi connectivity index (χ4v) is 3.01. The predicted octanol–water partition coefficient (Wildman–Crippen LogP) is 2.99. The summed E-state index contributed by atoms with van der Waals surface area (Å²) >= 11 is 1.64. The number of carbonyl (C=O) groups excluding carboxylic acids is 1. The van der Waals surface area contributed by atoms with E-state index in [2.05, 4.69) is 24.1 Å². The van der Waals surface area contributed by atoms with Crippen LogP contribution in [0.5, 0.6) is 0 Å². The second-order valence-corrected chi connectivity index (χ2v) is 5.49. The molecule has 2 aromatic rings. The lowest BCUT2D eigenvalue weighted by Crippen LogP contribution is -2.26. The third-order valence-corrected chi connectivity index (χ3v) is 4.08. The number of thiophene rings is 1. The van der Waals surface area contributed by atoms with Crippen molar-refractivity contribution in [3.63, 3.8) is 0 Å². The second kappa shape index (κ2) is 6.48. The van der Waals surface area contributed by atoms with Gasteiger partial charge in [0, 0.05) is 29.2 Å². The topological polar surface area (TPSA) is 42.0 Å². The van der Waals surface area contributed by atoms with E-state index in [4.69, 9.17) is 0 Å². The van der Waals surface area contributed by atoms with E-state index in [1.165, 1.54) is 10.4 Å². The summed E-state index contributed by atoms with van der Waals surface area (Å²) in [7, 11) is 0. The largest absolute Gasteiger partial charge is 0.352 e. The van der Waals surface area contributed by atoms with Gasteiger partial charge in [-0.15, -0.1) is 11.3 Å². The third-order valence-electron chi connectivity index (χ3n) is 3.12. The standard InChI is InChI=1S/C15H18N2OS/c1-3-13-11(2)19-10-14(13)15(18)17-8-6-12-5-4-7-16-9-12/h4-5,7,9-10H,3,6,8H2,1-2H3,(H,17,18). The molecular weight excluding hydrogens is 256 g/mol. The zero-order valence-corrected chi connectivity index (χ0v) is 12.1. The molecule has 3 nitrogen and oxygen atoms in total. The first-order valence-electron chi connectivity index (χ1n) is 6.46. The Kier molecular flexibility index (Phi) is 4.68. The number of rotatable bonds is 5. The molecule has 0 aliphatic heterocycles. The van der Waals surface area contributed by atoms with Crippen LogP contribution in [0, 0.1) is 6.92 Å². The summed E-state index contributed by atoms with van der Waals surface area (Å²) in [6.07, 6.45) is 5.30. The van der Waals surface area contributed by atoms with E-state index in [-0.39, 0.29) is 5.91 Å². The Morgan fingerprint density at radius 2 is 2.32 bits per heavy atom. The highest BCUT2D eigenvalue weighted by Crippen LogP contribution is 2.22. The third kappa shape index (κ3) is 3.41. The highest BCUT2D eigenvalue weighted by Gasteiger charge is 2.13. The minimum atomic E-state index is 0.0325. The van der Waals surface area contributed by atoms with Gasteiger partial charge >= 0.3 is 0 Å². The van der Waals surface area contributed by atoms with Crippen molar-refractivity contribution >= 4 is 17.2 Å². The van der Waals surface area contributed by atoms with Gasteiger partial charge in [-0.1, -0.05) is 13.0 Å². The van der Waals surface area contributed by atoms with Crippen LogP contribution in [0.25, 0.3) is 0 Å².